The maximum atomic E-state index is 5.81. The van der Waals surface area contributed by atoms with Crippen LogP contribution >= 0.6 is 0 Å². The van der Waals surface area contributed by atoms with Gasteiger partial charge in [-0.2, -0.15) is 0 Å². The summed E-state index contributed by atoms with van der Waals surface area (Å²) in [6.07, 6.45) is 1.29. The summed E-state index contributed by atoms with van der Waals surface area (Å²) < 4.78 is 5.81. The van der Waals surface area contributed by atoms with Gasteiger partial charge in [0.15, 0.2) is 0 Å². The Morgan fingerprint density at radius 2 is 2.19 bits per heavy atom. The minimum atomic E-state index is 0.690. The Kier molecular flexibility index (Phi) is 3.66. The van der Waals surface area contributed by atoms with Gasteiger partial charge in [-0.3, -0.25) is 0 Å². The van der Waals surface area contributed by atoms with Gasteiger partial charge in [-0.25, -0.2) is 0 Å². The molecule has 3 nitrogen and oxygen atoms in total. The molecule has 0 aliphatic heterocycles. The van der Waals surface area contributed by atoms with Crippen molar-refractivity contribution < 1.29 is 4.42 Å². The van der Waals surface area contributed by atoms with E-state index < -0.39 is 0 Å². The van der Waals surface area contributed by atoms with Crippen molar-refractivity contribution in [1.82, 2.24) is 10.2 Å². The molecule has 1 saturated carbocycles. The Balaban J connectivity index is 1.71. The molecule has 3 heteroatoms. The summed E-state index contributed by atoms with van der Waals surface area (Å²) >= 11 is 0. The van der Waals surface area contributed by atoms with E-state index in [1.165, 1.54) is 12.2 Å². The molecule has 0 radical (unpaired) electrons. The number of nitrogens with zero attached hydrogens (tertiary/aromatic N) is 1. The molecular formula is C13H22N2O. The molecule has 0 spiro atoms. The zero-order valence-electron chi connectivity index (χ0n) is 10.5. The second-order valence-electron chi connectivity index (χ2n) is 5.10. The van der Waals surface area contributed by atoms with Crippen LogP contribution in [-0.4, -0.2) is 32.1 Å². The van der Waals surface area contributed by atoms with E-state index >= 15 is 0 Å². The van der Waals surface area contributed by atoms with Crippen molar-refractivity contribution in [2.45, 2.75) is 25.8 Å². The summed E-state index contributed by atoms with van der Waals surface area (Å²) in [6, 6.07) is 4.24. The monoisotopic (exact) mass is 222 g/mol. The molecule has 1 heterocycles. The Labute approximate surface area is 97.8 Å². The molecule has 2 rings (SSSR count). The van der Waals surface area contributed by atoms with Crippen LogP contribution in [0, 0.1) is 5.92 Å². The van der Waals surface area contributed by atoms with Crippen LogP contribution in [0.3, 0.4) is 0 Å². The zero-order chi connectivity index (χ0) is 11.5. The summed E-state index contributed by atoms with van der Waals surface area (Å²) in [5, 5.41) is 3.38. The van der Waals surface area contributed by atoms with Crippen molar-refractivity contribution >= 4 is 0 Å². The van der Waals surface area contributed by atoms with E-state index in [0.717, 1.165) is 31.3 Å². The maximum Gasteiger partial charge on any atom is 0.117 e. The van der Waals surface area contributed by atoms with E-state index in [1.54, 1.807) is 0 Å². The van der Waals surface area contributed by atoms with E-state index in [0.29, 0.717) is 5.92 Å². The molecular weight excluding hydrogens is 200 g/mol. The number of hydrogen-bond donors (Lipinski definition) is 1. The van der Waals surface area contributed by atoms with Gasteiger partial charge in [0.25, 0.3) is 0 Å². The molecule has 16 heavy (non-hydrogen) atoms. The number of rotatable bonds is 6. The van der Waals surface area contributed by atoms with Gasteiger partial charge < -0.3 is 14.6 Å². The lowest BCUT2D eigenvalue weighted by Gasteiger charge is -2.09. The lowest BCUT2D eigenvalue weighted by molar-refractivity contribution is 0.388. The average molecular weight is 222 g/mol. The van der Waals surface area contributed by atoms with Crippen molar-refractivity contribution in [3.8, 4) is 0 Å². The predicted molar refractivity (Wildman–Crippen MR) is 65.5 cm³/mol. The Bertz CT molecular complexity index is 332. The van der Waals surface area contributed by atoms with Gasteiger partial charge in [-0.1, -0.05) is 6.92 Å². The molecule has 90 valence electrons. The lowest BCUT2D eigenvalue weighted by Crippen LogP contribution is -2.26. The molecule has 1 aliphatic rings. The molecule has 1 N–H and O–H groups in total. The van der Waals surface area contributed by atoms with Crippen molar-refractivity contribution in [1.29, 1.82) is 0 Å². The third kappa shape index (κ3) is 3.09. The molecule has 1 aromatic heterocycles. The highest BCUT2D eigenvalue weighted by Crippen LogP contribution is 2.47. The number of likely N-dealkylation sites (N-methyl/N-ethyl adjacent to an activating group) is 1. The van der Waals surface area contributed by atoms with E-state index in [4.69, 9.17) is 4.42 Å². The first-order valence-electron chi connectivity index (χ1n) is 6.11. The van der Waals surface area contributed by atoms with Gasteiger partial charge in [-0.05, 0) is 38.6 Å². The molecule has 0 amide bonds. The van der Waals surface area contributed by atoms with Crippen molar-refractivity contribution in [3.63, 3.8) is 0 Å². The van der Waals surface area contributed by atoms with Crippen LogP contribution in [0.2, 0.25) is 0 Å². The van der Waals surface area contributed by atoms with Gasteiger partial charge in [0.1, 0.15) is 11.5 Å². The van der Waals surface area contributed by atoms with E-state index in [9.17, 15) is 0 Å². The van der Waals surface area contributed by atoms with Crippen LogP contribution in [0.5, 0.6) is 0 Å². The van der Waals surface area contributed by atoms with Crippen LogP contribution in [0.15, 0.2) is 16.5 Å². The highest BCUT2D eigenvalue weighted by atomic mass is 16.3. The number of nitrogens with one attached hydrogen (secondary N) is 1. The fraction of sp³-hybridized carbons (Fsp3) is 0.692. The van der Waals surface area contributed by atoms with Crippen LogP contribution < -0.4 is 5.32 Å². The average Bonchev–Trinajstić information content (AvgIpc) is 2.79. The fourth-order valence-corrected chi connectivity index (χ4v) is 1.92. The highest BCUT2D eigenvalue weighted by molar-refractivity contribution is 5.17. The number of hydrogen-bond acceptors (Lipinski definition) is 3. The summed E-state index contributed by atoms with van der Waals surface area (Å²) in [5.41, 5.74) is 0. The molecule has 0 bridgehead atoms. The predicted octanol–water partition coefficient (Wildman–Crippen LogP) is 2.05. The molecule has 0 unspecified atom stereocenters. The quantitative estimate of drug-likeness (QED) is 0.747. The third-order valence-electron chi connectivity index (χ3n) is 3.19. The first kappa shape index (κ1) is 11.7. The second kappa shape index (κ2) is 5.02. The summed E-state index contributed by atoms with van der Waals surface area (Å²) in [7, 11) is 4.17. The minimum Gasteiger partial charge on any atom is -0.464 e. The zero-order valence-corrected chi connectivity index (χ0v) is 10.5. The van der Waals surface area contributed by atoms with E-state index in [1.807, 2.05) is 0 Å². The third-order valence-corrected chi connectivity index (χ3v) is 3.19. The molecule has 0 aromatic carbocycles. The SMILES string of the molecule is C[C@@H]1C[C@@H]1c1ccc(CNCCN(C)C)o1. The van der Waals surface area contributed by atoms with Gasteiger partial charge in [0.05, 0.1) is 6.54 Å². The standard InChI is InChI=1S/C13H22N2O/c1-10-8-12(10)13-5-4-11(16-13)9-14-6-7-15(2)3/h4-5,10,12,14H,6-9H2,1-3H3/t10-,12+/m1/s1. The van der Waals surface area contributed by atoms with Gasteiger partial charge in [0.2, 0.25) is 0 Å². The molecule has 1 aliphatic carbocycles. The molecule has 0 saturated heterocycles. The summed E-state index contributed by atoms with van der Waals surface area (Å²) in [4.78, 5) is 2.17. The number of furan rings is 1. The van der Waals surface area contributed by atoms with E-state index in [-0.39, 0.29) is 0 Å². The van der Waals surface area contributed by atoms with Crippen molar-refractivity contribution in [3.05, 3.63) is 23.7 Å². The minimum absolute atomic E-state index is 0.690. The Morgan fingerprint density at radius 3 is 2.81 bits per heavy atom. The topological polar surface area (TPSA) is 28.4 Å². The van der Waals surface area contributed by atoms with Crippen LogP contribution in [0.4, 0.5) is 0 Å². The largest absolute Gasteiger partial charge is 0.464 e. The first-order chi connectivity index (χ1) is 7.66. The van der Waals surface area contributed by atoms with Gasteiger partial charge in [-0.15, -0.1) is 0 Å². The first-order valence-corrected chi connectivity index (χ1v) is 6.11. The molecule has 1 aromatic rings. The Hall–Kier alpha value is -0.800. The highest BCUT2D eigenvalue weighted by Gasteiger charge is 2.36. The Morgan fingerprint density at radius 1 is 1.44 bits per heavy atom. The van der Waals surface area contributed by atoms with Crippen molar-refractivity contribution in [2.75, 3.05) is 27.2 Å². The summed E-state index contributed by atoms with van der Waals surface area (Å²) in [6.45, 7) is 5.19. The van der Waals surface area contributed by atoms with Gasteiger partial charge >= 0.3 is 0 Å². The summed E-state index contributed by atoms with van der Waals surface area (Å²) in [5.74, 6) is 3.75. The van der Waals surface area contributed by atoms with Crippen LogP contribution in [-0.2, 0) is 6.54 Å². The smallest absolute Gasteiger partial charge is 0.117 e. The van der Waals surface area contributed by atoms with Crippen LogP contribution in [0.1, 0.15) is 30.8 Å². The lowest BCUT2D eigenvalue weighted by atomic mass is 10.3. The second-order valence-corrected chi connectivity index (χ2v) is 5.10. The normalized spacial score (nSPS) is 24.0. The fourth-order valence-electron chi connectivity index (χ4n) is 1.92. The van der Waals surface area contributed by atoms with Crippen LogP contribution in [0.25, 0.3) is 0 Å². The van der Waals surface area contributed by atoms with Gasteiger partial charge in [0, 0.05) is 19.0 Å². The van der Waals surface area contributed by atoms with Crippen molar-refractivity contribution in [2.24, 2.45) is 5.92 Å². The molecule has 1 fully saturated rings. The molecule has 2 atom stereocenters. The van der Waals surface area contributed by atoms with E-state index in [2.05, 4.69) is 43.4 Å². The maximum absolute atomic E-state index is 5.81.